The molecule has 0 fully saturated rings. The second-order valence-corrected chi connectivity index (χ2v) is 10.1. The van der Waals surface area contributed by atoms with E-state index in [-0.39, 0.29) is 24.5 Å². The van der Waals surface area contributed by atoms with Crippen LogP contribution in [0.4, 0.5) is 0 Å². The van der Waals surface area contributed by atoms with Gasteiger partial charge in [-0.05, 0) is 53.6 Å². The van der Waals surface area contributed by atoms with Gasteiger partial charge in [0.1, 0.15) is 41.2 Å². The van der Waals surface area contributed by atoms with E-state index in [2.05, 4.69) is 6.07 Å². The number of hydrogen-bond donors (Lipinski definition) is 1. The summed E-state index contributed by atoms with van der Waals surface area (Å²) >= 11 is 12.2. The molecule has 1 aliphatic rings. The van der Waals surface area contributed by atoms with Crippen LogP contribution in [0.1, 0.15) is 28.2 Å². The fourth-order valence-electron chi connectivity index (χ4n) is 4.48. The number of fused-ring (bicyclic) bond motifs is 1. The van der Waals surface area contributed by atoms with Gasteiger partial charge in [0.15, 0.2) is 0 Å². The van der Waals surface area contributed by atoms with E-state index >= 15 is 0 Å². The van der Waals surface area contributed by atoms with Crippen LogP contribution in [0.3, 0.4) is 0 Å². The molecule has 0 aromatic heterocycles. The number of nitriles is 1. The Hall–Kier alpha value is -4.64. The number of rotatable bonds is 8. The lowest BCUT2D eigenvalue weighted by molar-refractivity contribution is -0.133. The van der Waals surface area contributed by atoms with Crippen molar-refractivity contribution in [2.75, 3.05) is 7.11 Å². The molecule has 7 nitrogen and oxygen atoms in total. The highest BCUT2D eigenvalue weighted by Gasteiger charge is 2.31. The quantitative estimate of drug-likeness (QED) is 0.176. The molecule has 5 rings (SSSR count). The maximum atomic E-state index is 12.6. The molecule has 0 amide bonds. The Balaban J connectivity index is 1.32. The van der Waals surface area contributed by atoms with Gasteiger partial charge in [0.05, 0.1) is 19.4 Å². The number of nitrogens with two attached hydrogens (primary N) is 1. The highest BCUT2D eigenvalue weighted by Crippen LogP contribution is 2.43. The molecule has 4 aromatic carbocycles. The van der Waals surface area contributed by atoms with Gasteiger partial charge in [-0.15, -0.1) is 0 Å². The van der Waals surface area contributed by atoms with Crippen molar-refractivity contribution in [2.45, 2.75) is 18.9 Å². The first-order valence-corrected chi connectivity index (χ1v) is 13.3. The molecule has 0 bridgehead atoms. The predicted molar refractivity (Wildman–Crippen MR) is 155 cm³/mol. The average molecular weight is 587 g/mol. The number of methoxy groups -OCH3 is 1. The Morgan fingerprint density at radius 3 is 2.34 bits per heavy atom. The zero-order chi connectivity index (χ0) is 28.9. The molecule has 9 heteroatoms. The van der Waals surface area contributed by atoms with Crippen molar-refractivity contribution >= 4 is 29.2 Å². The maximum Gasteiger partial charge on any atom is 0.315 e. The van der Waals surface area contributed by atoms with Crippen molar-refractivity contribution in [3.8, 4) is 29.1 Å². The van der Waals surface area contributed by atoms with Gasteiger partial charge in [0, 0.05) is 27.2 Å². The van der Waals surface area contributed by atoms with Gasteiger partial charge in [-0.3, -0.25) is 4.79 Å². The topological polar surface area (TPSA) is 104 Å². The van der Waals surface area contributed by atoms with Gasteiger partial charge in [-0.2, -0.15) is 5.26 Å². The largest absolute Gasteiger partial charge is 0.497 e. The zero-order valence-corrected chi connectivity index (χ0v) is 23.4. The molecule has 1 unspecified atom stereocenters. The summed E-state index contributed by atoms with van der Waals surface area (Å²) in [5.41, 5.74) is 9.56. The van der Waals surface area contributed by atoms with E-state index in [0.717, 1.165) is 16.7 Å². The van der Waals surface area contributed by atoms with E-state index < -0.39 is 11.9 Å². The number of ether oxygens (including phenoxy) is 4. The van der Waals surface area contributed by atoms with Gasteiger partial charge in [0.2, 0.25) is 5.88 Å². The van der Waals surface area contributed by atoms with E-state index in [1.807, 2.05) is 30.3 Å². The Morgan fingerprint density at radius 1 is 0.951 bits per heavy atom. The molecule has 0 saturated carbocycles. The minimum Gasteiger partial charge on any atom is -0.497 e. The summed E-state index contributed by atoms with van der Waals surface area (Å²) in [6.45, 7) is 0.270. The molecule has 0 saturated heterocycles. The van der Waals surface area contributed by atoms with Crippen LogP contribution in [-0.2, 0) is 17.8 Å². The Bertz CT molecular complexity index is 1660. The van der Waals surface area contributed by atoms with E-state index in [1.54, 1.807) is 61.7 Å². The SMILES string of the molecule is COc1ccc(CC(=O)Oc2ccc3c(c2)OC(N)=C(C#N)C3c2ccc(OCc3ccc(Cl)cc3Cl)cc2)cc1. The number of nitrogens with zero attached hydrogens (tertiary/aromatic N) is 1. The molecule has 1 aliphatic heterocycles. The second-order valence-electron chi connectivity index (χ2n) is 9.22. The summed E-state index contributed by atoms with van der Waals surface area (Å²) in [7, 11) is 1.58. The minimum absolute atomic E-state index is 0.00980. The van der Waals surface area contributed by atoms with Crippen LogP contribution in [0.5, 0.6) is 23.0 Å². The minimum atomic E-state index is -0.479. The highest BCUT2D eigenvalue weighted by atomic mass is 35.5. The van der Waals surface area contributed by atoms with Gasteiger partial charge < -0.3 is 24.7 Å². The first-order valence-electron chi connectivity index (χ1n) is 12.6. The summed E-state index contributed by atoms with van der Waals surface area (Å²) in [4.78, 5) is 12.6. The van der Waals surface area contributed by atoms with E-state index in [9.17, 15) is 10.1 Å². The van der Waals surface area contributed by atoms with Crippen LogP contribution in [-0.4, -0.2) is 13.1 Å². The molecule has 1 heterocycles. The zero-order valence-electron chi connectivity index (χ0n) is 21.9. The van der Waals surface area contributed by atoms with Crippen LogP contribution in [0.25, 0.3) is 0 Å². The van der Waals surface area contributed by atoms with Crippen LogP contribution >= 0.6 is 23.2 Å². The predicted octanol–water partition coefficient (Wildman–Crippen LogP) is 6.95. The first kappa shape index (κ1) is 27.9. The Morgan fingerprint density at radius 2 is 1.66 bits per heavy atom. The Labute approximate surface area is 247 Å². The molecule has 0 aliphatic carbocycles. The molecule has 41 heavy (non-hydrogen) atoms. The third-order valence-corrected chi connectivity index (χ3v) is 7.14. The Kier molecular flexibility index (Phi) is 8.34. The summed E-state index contributed by atoms with van der Waals surface area (Å²) in [5.74, 6) is 1.12. The number of halogens is 2. The van der Waals surface area contributed by atoms with Crippen molar-refractivity contribution in [1.29, 1.82) is 5.26 Å². The number of carbonyl (C=O) groups is 1. The number of carbonyl (C=O) groups excluding carboxylic acids is 1. The fourth-order valence-corrected chi connectivity index (χ4v) is 4.94. The molecule has 206 valence electrons. The molecular weight excluding hydrogens is 563 g/mol. The lowest BCUT2D eigenvalue weighted by Crippen LogP contribution is -2.21. The fraction of sp³-hybridized carbons (Fsp3) is 0.125. The maximum absolute atomic E-state index is 12.6. The lowest BCUT2D eigenvalue weighted by Gasteiger charge is -2.26. The first-order chi connectivity index (χ1) is 19.8. The van der Waals surface area contributed by atoms with Gasteiger partial charge in [-0.1, -0.05) is 59.6 Å². The second kappa shape index (κ2) is 12.3. The van der Waals surface area contributed by atoms with Crippen molar-refractivity contribution in [2.24, 2.45) is 5.73 Å². The third kappa shape index (κ3) is 6.41. The van der Waals surface area contributed by atoms with Gasteiger partial charge >= 0.3 is 5.97 Å². The molecular formula is C32H24Cl2N2O5. The van der Waals surface area contributed by atoms with Crippen LogP contribution in [0.2, 0.25) is 10.0 Å². The standard InChI is InChI=1S/C32H24Cl2N2O5/c1-38-23-8-2-19(3-9-23)14-30(37)40-25-12-13-26-29(16-25)41-32(36)27(17-35)31(26)20-5-10-24(11-6-20)39-18-21-4-7-22(33)15-28(21)34/h2-13,15-16,31H,14,18,36H2,1H3. The average Bonchev–Trinajstić information content (AvgIpc) is 2.96. The van der Waals surface area contributed by atoms with Crippen LogP contribution < -0.4 is 24.7 Å². The van der Waals surface area contributed by atoms with E-state index in [1.165, 1.54) is 0 Å². The summed E-state index contributed by atoms with van der Waals surface area (Å²) in [6.07, 6.45) is 0.0871. The number of hydrogen-bond acceptors (Lipinski definition) is 7. The van der Waals surface area contributed by atoms with Gasteiger partial charge in [0.25, 0.3) is 0 Å². The van der Waals surface area contributed by atoms with E-state index in [4.69, 9.17) is 47.9 Å². The molecule has 0 spiro atoms. The number of allylic oxidation sites excluding steroid dienone is 1. The van der Waals surface area contributed by atoms with Crippen molar-refractivity contribution in [3.05, 3.63) is 129 Å². The van der Waals surface area contributed by atoms with Crippen molar-refractivity contribution in [1.82, 2.24) is 0 Å². The summed E-state index contributed by atoms with van der Waals surface area (Å²) < 4.78 is 22.4. The smallest absolute Gasteiger partial charge is 0.315 e. The number of esters is 1. The number of benzene rings is 4. The molecule has 4 aromatic rings. The summed E-state index contributed by atoms with van der Waals surface area (Å²) in [6, 6.07) is 27.0. The molecule has 2 N–H and O–H groups in total. The van der Waals surface area contributed by atoms with Crippen molar-refractivity contribution < 1.29 is 23.7 Å². The molecule has 0 radical (unpaired) electrons. The van der Waals surface area contributed by atoms with Crippen molar-refractivity contribution in [3.63, 3.8) is 0 Å². The third-order valence-electron chi connectivity index (χ3n) is 6.55. The van der Waals surface area contributed by atoms with Crippen LogP contribution in [0.15, 0.2) is 96.4 Å². The summed E-state index contributed by atoms with van der Waals surface area (Å²) in [5, 5.41) is 11.0. The van der Waals surface area contributed by atoms with E-state index in [0.29, 0.717) is 38.6 Å². The highest BCUT2D eigenvalue weighted by molar-refractivity contribution is 6.35. The van der Waals surface area contributed by atoms with Gasteiger partial charge in [-0.25, -0.2) is 0 Å². The molecule has 1 atom stereocenters. The normalized spacial score (nSPS) is 14.0. The monoisotopic (exact) mass is 586 g/mol. The lowest BCUT2D eigenvalue weighted by atomic mass is 9.83. The van der Waals surface area contributed by atoms with Crippen LogP contribution in [0, 0.1) is 11.3 Å².